The van der Waals surface area contributed by atoms with Crippen molar-refractivity contribution in [3.63, 3.8) is 0 Å². The summed E-state index contributed by atoms with van der Waals surface area (Å²) in [6.45, 7) is 0. The normalized spacial score (nSPS) is 15.2. The highest BCUT2D eigenvalue weighted by Crippen LogP contribution is 2.28. The van der Waals surface area contributed by atoms with Crippen LogP contribution in [0.3, 0.4) is 0 Å². The summed E-state index contributed by atoms with van der Waals surface area (Å²) in [5.41, 5.74) is 0. The Balaban J connectivity index is 2.29. The third kappa shape index (κ3) is 2.28. The number of aromatic nitrogens is 3. The number of hydrogen-bond donors (Lipinski definition) is 0. The highest BCUT2D eigenvalue weighted by Gasteiger charge is 2.28. The Hall–Kier alpha value is -1.10. The summed E-state index contributed by atoms with van der Waals surface area (Å²) in [5.74, 6) is 1.25. The van der Waals surface area contributed by atoms with Crippen LogP contribution in [0.25, 0.3) is 0 Å². The largest absolute Gasteiger partial charge is 0.347 e. The standard InChI is InChI=1S/C9H14ClN5/c1-14(2)8-11-7(10)12-9(13-8)15(3)6-4-5-6/h6H,4-5H2,1-3H3. The predicted octanol–water partition coefficient (Wildman–Crippen LogP) is 1.19. The highest BCUT2D eigenvalue weighted by molar-refractivity contribution is 6.28. The van der Waals surface area contributed by atoms with Gasteiger partial charge >= 0.3 is 0 Å². The number of rotatable bonds is 3. The molecule has 1 fully saturated rings. The van der Waals surface area contributed by atoms with Crippen molar-refractivity contribution in [1.29, 1.82) is 0 Å². The molecule has 0 radical (unpaired) electrons. The van der Waals surface area contributed by atoms with Crippen LogP contribution >= 0.6 is 11.6 Å². The molecule has 2 rings (SSSR count). The van der Waals surface area contributed by atoms with E-state index >= 15 is 0 Å². The van der Waals surface area contributed by atoms with Crippen LogP contribution in [0.2, 0.25) is 5.28 Å². The molecule has 82 valence electrons. The maximum atomic E-state index is 5.85. The molecule has 6 heteroatoms. The lowest BCUT2D eigenvalue weighted by Crippen LogP contribution is -2.24. The van der Waals surface area contributed by atoms with Crippen molar-refractivity contribution < 1.29 is 0 Å². The molecule has 1 aliphatic rings. The topological polar surface area (TPSA) is 45.2 Å². The van der Waals surface area contributed by atoms with Gasteiger partial charge in [0.25, 0.3) is 0 Å². The van der Waals surface area contributed by atoms with E-state index in [2.05, 4.69) is 19.9 Å². The van der Waals surface area contributed by atoms with Gasteiger partial charge in [-0.3, -0.25) is 0 Å². The third-order valence-electron chi connectivity index (χ3n) is 2.39. The van der Waals surface area contributed by atoms with Crippen molar-refractivity contribution in [2.45, 2.75) is 18.9 Å². The number of anilines is 2. The Labute approximate surface area is 94.1 Å². The van der Waals surface area contributed by atoms with Gasteiger partial charge in [-0.05, 0) is 24.4 Å². The first-order valence-electron chi connectivity index (χ1n) is 4.89. The van der Waals surface area contributed by atoms with Gasteiger partial charge in [-0.15, -0.1) is 0 Å². The van der Waals surface area contributed by atoms with E-state index in [1.54, 1.807) is 0 Å². The molecule has 0 aliphatic heterocycles. The summed E-state index contributed by atoms with van der Waals surface area (Å²) in [4.78, 5) is 16.4. The van der Waals surface area contributed by atoms with E-state index in [1.807, 2.05) is 26.0 Å². The Morgan fingerprint density at radius 2 is 1.67 bits per heavy atom. The summed E-state index contributed by atoms with van der Waals surface area (Å²) >= 11 is 5.85. The van der Waals surface area contributed by atoms with Gasteiger partial charge in [0.15, 0.2) is 0 Å². The second-order valence-electron chi connectivity index (χ2n) is 3.94. The van der Waals surface area contributed by atoms with Crippen LogP contribution in [0.5, 0.6) is 0 Å². The molecule has 1 aromatic heterocycles. The first-order chi connectivity index (χ1) is 7.08. The van der Waals surface area contributed by atoms with Crippen LogP contribution in [-0.2, 0) is 0 Å². The quantitative estimate of drug-likeness (QED) is 0.776. The van der Waals surface area contributed by atoms with Gasteiger partial charge in [0.1, 0.15) is 0 Å². The molecule has 0 saturated heterocycles. The monoisotopic (exact) mass is 227 g/mol. The minimum absolute atomic E-state index is 0.246. The molecular weight excluding hydrogens is 214 g/mol. The Bertz CT molecular complexity index is 364. The SMILES string of the molecule is CN(C)c1nc(Cl)nc(N(C)C2CC2)n1. The molecular formula is C9H14ClN5. The van der Waals surface area contributed by atoms with Crippen molar-refractivity contribution in [3.8, 4) is 0 Å². The molecule has 5 nitrogen and oxygen atoms in total. The van der Waals surface area contributed by atoms with Gasteiger partial charge in [-0.1, -0.05) is 0 Å². The second kappa shape index (κ2) is 3.81. The van der Waals surface area contributed by atoms with Gasteiger partial charge in [0.05, 0.1) is 0 Å². The van der Waals surface area contributed by atoms with Crippen molar-refractivity contribution in [2.75, 3.05) is 30.9 Å². The molecule has 0 amide bonds. The van der Waals surface area contributed by atoms with Crippen molar-refractivity contribution >= 4 is 23.5 Å². The van der Waals surface area contributed by atoms with E-state index in [0.717, 1.165) is 0 Å². The molecule has 0 aromatic carbocycles. The molecule has 0 atom stereocenters. The summed E-state index contributed by atoms with van der Waals surface area (Å²) in [6.07, 6.45) is 2.41. The fourth-order valence-electron chi connectivity index (χ4n) is 1.31. The second-order valence-corrected chi connectivity index (χ2v) is 4.28. The van der Waals surface area contributed by atoms with E-state index in [0.29, 0.717) is 17.9 Å². The first-order valence-corrected chi connectivity index (χ1v) is 5.27. The predicted molar refractivity (Wildman–Crippen MR) is 60.6 cm³/mol. The minimum Gasteiger partial charge on any atom is -0.347 e. The average molecular weight is 228 g/mol. The number of nitrogens with zero attached hydrogens (tertiary/aromatic N) is 5. The molecule has 1 aromatic rings. The van der Waals surface area contributed by atoms with Crippen LogP contribution in [0.4, 0.5) is 11.9 Å². The first kappa shape index (κ1) is 10.4. The maximum absolute atomic E-state index is 5.85. The lowest BCUT2D eigenvalue weighted by molar-refractivity contribution is 0.838. The minimum atomic E-state index is 0.246. The molecule has 0 N–H and O–H groups in total. The van der Waals surface area contributed by atoms with Crippen molar-refractivity contribution in [1.82, 2.24) is 15.0 Å². The molecule has 0 spiro atoms. The third-order valence-corrected chi connectivity index (χ3v) is 2.56. The van der Waals surface area contributed by atoms with Gasteiger partial charge in [-0.2, -0.15) is 15.0 Å². The van der Waals surface area contributed by atoms with Crippen LogP contribution in [0.15, 0.2) is 0 Å². The molecule has 0 unspecified atom stereocenters. The Morgan fingerprint density at radius 3 is 2.20 bits per heavy atom. The van der Waals surface area contributed by atoms with Gasteiger partial charge in [0.2, 0.25) is 17.2 Å². The van der Waals surface area contributed by atoms with E-state index < -0.39 is 0 Å². The van der Waals surface area contributed by atoms with E-state index in [1.165, 1.54) is 12.8 Å². The van der Waals surface area contributed by atoms with Crippen LogP contribution in [-0.4, -0.2) is 42.1 Å². The fraction of sp³-hybridized carbons (Fsp3) is 0.667. The van der Waals surface area contributed by atoms with E-state index in [9.17, 15) is 0 Å². The van der Waals surface area contributed by atoms with E-state index in [4.69, 9.17) is 11.6 Å². The zero-order valence-corrected chi connectivity index (χ0v) is 9.86. The van der Waals surface area contributed by atoms with E-state index in [-0.39, 0.29) is 5.28 Å². The van der Waals surface area contributed by atoms with Crippen molar-refractivity contribution in [3.05, 3.63) is 5.28 Å². The zero-order chi connectivity index (χ0) is 11.0. The lowest BCUT2D eigenvalue weighted by atomic mass is 10.6. The summed E-state index contributed by atoms with van der Waals surface area (Å²) < 4.78 is 0. The lowest BCUT2D eigenvalue weighted by Gasteiger charge is -2.18. The van der Waals surface area contributed by atoms with Gasteiger partial charge in [0, 0.05) is 27.2 Å². The van der Waals surface area contributed by atoms with Crippen LogP contribution in [0.1, 0.15) is 12.8 Å². The average Bonchev–Trinajstić information content (AvgIpc) is 2.98. The summed E-state index contributed by atoms with van der Waals surface area (Å²) in [6, 6.07) is 0.568. The summed E-state index contributed by atoms with van der Waals surface area (Å²) in [5, 5.41) is 0.246. The maximum Gasteiger partial charge on any atom is 0.231 e. The Kier molecular flexibility index (Phi) is 2.65. The van der Waals surface area contributed by atoms with Crippen molar-refractivity contribution in [2.24, 2.45) is 0 Å². The van der Waals surface area contributed by atoms with Crippen LogP contribution in [0, 0.1) is 0 Å². The molecule has 1 saturated carbocycles. The molecule has 15 heavy (non-hydrogen) atoms. The number of halogens is 1. The molecule has 1 heterocycles. The number of hydrogen-bond acceptors (Lipinski definition) is 5. The highest BCUT2D eigenvalue weighted by atomic mass is 35.5. The van der Waals surface area contributed by atoms with Gasteiger partial charge in [-0.25, -0.2) is 0 Å². The zero-order valence-electron chi connectivity index (χ0n) is 9.11. The smallest absolute Gasteiger partial charge is 0.231 e. The molecule has 1 aliphatic carbocycles. The summed E-state index contributed by atoms with van der Waals surface area (Å²) in [7, 11) is 5.75. The van der Waals surface area contributed by atoms with Crippen LogP contribution < -0.4 is 9.80 Å². The fourth-order valence-corrected chi connectivity index (χ4v) is 1.46. The molecule has 0 bridgehead atoms. The van der Waals surface area contributed by atoms with Gasteiger partial charge < -0.3 is 9.80 Å². The Morgan fingerprint density at radius 1 is 1.07 bits per heavy atom.